The molecule has 0 unspecified atom stereocenters. The second kappa shape index (κ2) is 5.96. The molecule has 22 heavy (non-hydrogen) atoms. The molecule has 0 aliphatic heterocycles. The normalized spacial score (nSPS) is 11.0. The third kappa shape index (κ3) is 3.22. The molecule has 0 aliphatic rings. The van der Waals surface area contributed by atoms with E-state index in [1.54, 1.807) is 0 Å². The fourth-order valence-electron chi connectivity index (χ4n) is 1.68. The molecule has 0 amide bonds. The second-order valence-electron chi connectivity index (χ2n) is 4.15. The first-order valence-corrected chi connectivity index (χ1v) is 8.26. The number of aromatic nitrogens is 2. The molecule has 1 aromatic heterocycles. The lowest BCUT2D eigenvalue weighted by Gasteiger charge is -2.23. The van der Waals surface area contributed by atoms with Gasteiger partial charge in [0.25, 0.3) is 0 Å². The van der Waals surface area contributed by atoms with E-state index in [-0.39, 0.29) is 27.4 Å². The van der Waals surface area contributed by atoms with Crippen LogP contribution in [-0.4, -0.2) is 29.7 Å². The maximum atomic E-state index is 12.1. The van der Waals surface area contributed by atoms with Gasteiger partial charge >= 0.3 is 0 Å². The van der Waals surface area contributed by atoms with Crippen LogP contribution in [0.4, 0.5) is 11.5 Å². The molecule has 10 heteroatoms. The summed E-state index contributed by atoms with van der Waals surface area (Å²) in [6.07, 6.45) is 1.86. The van der Waals surface area contributed by atoms with Gasteiger partial charge in [-0.05, 0) is 29.8 Å². The summed E-state index contributed by atoms with van der Waals surface area (Å²) in [5.74, 6) is -0.868. The molecule has 0 radical (unpaired) electrons. The van der Waals surface area contributed by atoms with Gasteiger partial charge in [0.1, 0.15) is 0 Å². The Balaban J connectivity index is 2.78. The standard InChI is InChI=1S/C12H8Cl2N4O3S/c1-22(20,21)18(11-10(19)6-16-12(14)17-11)9-4-7(5-15)2-3-8(9)13/h2-4,6,19H,1H3. The molecule has 1 heterocycles. The first-order valence-electron chi connectivity index (χ1n) is 5.65. The summed E-state index contributed by atoms with van der Waals surface area (Å²) >= 11 is 11.7. The SMILES string of the molecule is CS(=O)(=O)N(c1cc(C#N)ccc1Cl)c1nc(Cl)ncc1O. The molecule has 0 aliphatic carbocycles. The molecule has 0 saturated carbocycles. The highest BCUT2D eigenvalue weighted by molar-refractivity contribution is 7.92. The Kier molecular flexibility index (Phi) is 4.42. The van der Waals surface area contributed by atoms with Crippen LogP contribution < -0.4 is 4.31 Å². The van der Waals surface area contributed by atoms with Gasteiger partial charge < -0.3 is 5.11 Å². The van der Waals surface area contributed by atoms with Crippen LogP contribution in [0.15, 0.2) is 24.4 Å². The zero-order valence-corrected chi connectivity index (χ0v) is 13.4. The number of rotatable bonds is 3. The Hall–Kier alpha value is -2.08. The third-order valence-corrected chi connectivity index (χ3v) is 4.07. The lowest BCUT2D eigenvalue weighted by atomic mass is 10.2. The fraction of sp³-hybridized carbons (Fsp3) is 0.0833. The summed E-state index contributed by atoms with van der Waals surface area (Å²) in [6.45, 7) is 0. The van der Waals surface area contributed by atoms with Gasteiger partial charge in [0.2, 0.25) is 15.3 Å². The van der Waals surface area contributed by atoms with Crippen molar-refractivity contribution in [3.05, 3.63) is 40.3 Å². The average Bonchev–Trinajstić information content (AvgIpc) is 2.43. The van der Waals surface area contributed by atoms with Crippen molar-refractivity contribution in [2.45, 2.75) is 0 Å². The molecule has 0 saturated heterocycles. The molecule has 2 rings (SSSR count). The van der Waals surface area contributed by atoms with Crippen LogP contribution in [0, 0.1) is 11.3 Å². The van der Waals surface area contributed by atoms with E-state index in [0.29, 0.717) is 4.31 Å². The molecule has 7 nitrogen and oxygen atoms in total. The highest BCUT2D eigenvalue weighted by atomic mass is 35.5. The zero-order valence-electron chi connectivity index (χ0n) is 11.0. The maximum absolute atomic E-state index is 12.1. The van der Waals surface area contributed by atoms with Crippen molar-refractivity contribution in [2.75, 3.05) is 10.6 Å². The predicted molar refractivity (Wildman–Crippen MR) is 81.9 cm³/mol. The van der Waals surface area contributed by atoms with Crippen LogP contribution in [-0.2, 0) is 10.0 Å². The van der Waals surface area contributed by atoms with Crippen LogP contribution >= 0.6 is 23.2 Å². The number of benzene rings is 1. The Bertz CT molecular complexity index is 880. The highest BCUT2D eigenvalue weighted by Gasteiger charge is 2.27. The Morgan fingerprint density at radius 3 is 2.64 bits per heavy atom. The second-order valence-corrected chi connectivity index (χ2v) is 6.73. The van der Waals surface area contributed by atoms with Crippen LogP contribution in [0.3, 0.4) is 0 Å². The zero-order chi connectivity index (χ0) is 16.5. The molecule has 0 bridgehead atoms. The van der Waals surface area contributed by atoms with Crippen molar-refractivity contribution < 1.29 is 13.5 Å². The topological polar surface area (TPSA) is 107 Å². The van der Waals surface area contributed by atoms with Crippen LogP contribution in [0.2, 0.25) is 10.3 Å². The van der Waals surface area contributed by atoms with E-state index in [1.807, 2.05) is 6.07 Å². The molecule has 1 aromatic carbocycles. The summed E-state index contributed by atoms with van der Waals surface area (Å²) in [4.78, 5) is 7.27. The molecule has 0 spiro atoms. The number of aromatic hydroxyl groups is 1. The average molecular weight is 359 g/mol. The third-order valence-electron chi connectivity index (χ3n) is 2.54. The number of hydrogen-bond acceptors (Lipinski definition) is 6. The van der Waals surface area contributed by atoms with E-state index in [9.17, 15) is 13.5 Å². The van der Waals surface area contributed by atoms with E-state index in [2.05, 4.69) is 9.97 Å². The van der Waals surface area contributed by atoms with E-state index in [0.717, 1.165) is 12.5 Å². The number of halogens is 2. The van der Waals surface area contributed by atoms with Crippen molar-refractivity contribution in [3.8, 4) is 11.8 Å². The minimum atomic E-state index is -3.93. The first kappa shape index (κ1) is 16.3. The monoisotopic (exact) mass is 358 g/mol. The van der Waals surface area contributed by atoms with Gasteiger partial charge in [0.15, 0.2) is 11.6 Å². The Labute approximate surface area is 136 Å². The molecular weight excluding hydrogens is 351 g/mol. The van der Waals surface area contributed by atoms with E-state index >= 15 is 0 Å². The molecule has 0 fully saturated rings. The highest BCUT2D eigenvalue weighted by Crippen LogP contribution is 2.38. The first-order chi connectivity index (χ1) is 10.2. The van der Waals surface area contributed by atoms with Crippen LogP contribution in [0.1, 0.15) is 5.56 Å². The number of hydrogen-bond donors (Lipinski definition) is 1. The smallest absolute Gasteiger partial charge is 0.237 e. The summed E-state index contributed by atoms with van der Waals surface area (Å²) in [5, 5.41) is 18.6. The lowest BCUT2D eigenvalue weighted by Crippen LogP contribution is -2.26. The van der Waals surface area contributed by atoms with E-state index < -0.39 is 15.8 Å². The van der Waals surface area contributed by atoms with Gasteiger partial charge in [-0.15, -0.1) is 0 Å². The van der Waals surface area contributed by atoms with Crippen molar-refractivity contribution in [1.82, 2.24) is 9.97 Å². The Morgan fingerprint density at radius 2 is 2.05 bits per heavy atom. The van der Waals surface area contributed by atoms with Crippen molar-refractivity contribution in [3.63, 3.8) is 0 Å². The van der Waals surface area contributed by atoms with E-state index in [4.69, 9.17) is 28.5 Å². The number of sulfonamides is 1. The van der Waals surface area contributed by atoms with Gasteiger partial charge in [-0.2, -0.15) is 10.2 Å². The van der Waals surface area contributed by atoms with Gasteiger partial charge in [-0.3, -0.25) is 0 Å². The Morgan fingerprint density at radius 1 is 1.36 bits per heavy atom. The van der Waals surface area contributed by atoms with Crippen molar-refractivity contribution >= 4 is 44.7 Å². The predicted octanol–water partition coefficient (Wildman–Crippen LogP) is 2.46. The van der Waals surface area contributed by atoms with Crippen molar-refractivity contribution in [2.24, 2.45) is 0 Å². The summed E-state index contributed by atoms with van der Waals surface area (Å²) in [5.41, 5.74) is 0.154. The largest absolute Gasteiger partial charge is 0.503 e. The minimum absolute atomic E-state index is 0.0340. The maximum Gasteiger partial charge on any atom is 0.237 e. The van der Waals surface area contributed by atoms with Crippen LogP contribution in [0.5, 0.6) is 5.75 Å². The molecule has 0 atom stereocenters. The quantitative estimate of drug-likeness (QED) is 0.844. The van der Waals surface area contributed by atoms with E-state index in [1.165, 1.54) is 18.2 Å². The number of nitrogens with zero attached hydrogens (tertiary/aromatic N) is 4. The van der Waals surface area contributed by atoms with Gasteiger partial charge in [0, 0.05) is 0 Å². The molecular formula is C12H8Cl2N4O3S. The van der Waals surface area contributed by atoms with Gasteiger partial charge in [-0.1, -0.05) is 11.6 Å². The summed E-state index contributed by atoms with van der Waals surface area (Å²) < 4.78 is 24.9. The summed E-state index contributed by atoms with van der Waals surface area (Å²) in [7, 11) is -3.93. The molecule has 1 N–H and O–H groups in total. The number of nitriles is 1. The fourth-order valence-corrected chi connectivity index (χ4v) is 3.02. The van der Waals surface area contributed by atoms with Crippen molar-refractivity contribution in [1.29, 1.82) is 5.26 Å². The van der Waals surface area contributed by atoms with Gasteiger partial charge in [0.05, 0.1) is 34.8 Å². The summed E-state index contributed by atoms with van der Waals surface area (Å²) in [6, 6.07) is 5.94. The molecule has 2 aromatic rings. The van der Waals surface area contributed by atoms with Crippen LogP contribution in [0.25, 0.3) is 0 Å². The lowest BCUT2D eigenvalue weighted by molar-refractivity contribution is 0.471. The molecule has 114 valence electrons. The minimum Gasteiger partial charge on any atom is -0.503 e. The van der Waals surface area contributed by atoms with Gasteiger partial charge in [-0.25, -0.2) is 17.7 Å². The number of anilines is 2.